The van der Waals surface area contributed by atoms with Crippen LogP contribution in [0.3, 0.4) is 0 Å². The van der Waals surface area contributed by atoms with Crippen LogP contribution < -0.4 is 5.32 Å². The summed E-state index contributed by atoms with van der Waals surface area (Å²) in [4.78, 5) is 12.2. The van der Waals surface area contributed by atoms with E-state index in [1.807, 2.05) is 18.2 Å². The van der Waals surface area contributed by atoms with E-state index in [9.17, 15) is 4.79 Å². The molecule has 1 amide bonds. The zero-order valence-corrected chi connectivity index (χ0v) is 11.4. The van der Waals surface area contributed by atoms with Crippen LogP contribution >= 0.6 is 0 Å². The second-order valence-electron chi connectivity index (χ2n) is 4.67. The lowest BCUT2D eigenvalue weighted by molar-refractivity contribution is 0.0857. The Hall–Kier alpha value is -1.83. The van der Waals surface area contributed by atoms with Gasteiger partial charge in [-0.05, 0) is 25.0 Å². The van der Waals surface area contributed by atoms with Crippen LogP contribution in [0.15, 0.2) is 24.3 Å². The van der Waals surface area contributed by atoms with Crippen molar-refractivity contribution in [1.29, 1.82) is 0 Å². The lowest BCUT2D eigenvalue weighted by atomic mass is 10.1. The Morgan fingerprint density at radius 1 is 1.45 bits per heavy atom. The van der Waals surface area contributed by atoms with Crippen molar-refractivity contribution in [3.8, 4) is 11.8 Å². The average molecular weight is 273 g/mol. The van der Waals surface area contributed by atoms with Crippen molar-refractivity contribution >= 4 is 5.91 Å². The van der Waals surface area contributed by atoms with Crippen LogP contribution in [0.25, 0.3) is 0 Å². The molecular formula is C16H19NO3. The molecule has 2 rings (SSSR count). The van der Waals surface area contributed by atoms with Crippen molar-refractivity contribution in [1.82, 2.24) is 5.32 Å². The summed E-state index contributed by atoms with van der Waals surface area (Å²) in [5, 5.41) is 11.6. The number of nitrogens with one attached hydrogen (secondary N) is 1. The van der Waals surface area contributed by atoms with E-state index in [-0.39, 0.29) is 18.6 Å². The molecule has 1 saturated heterocycles. The molecule has 1 aromatic rings. The molecule has 0 aliphatic carbocycles. The van der Waals surface area contributed by atoms with Gasteiger partial charge < -0.3 is 15.2 Å². The lowest BCUT2D eigenvalue weighted by Crippen LogP contribution is -2.32. The van der Waals surface area contributed by atoms with Crippen LogP contribution in [0.5, 0.6) is 0 Å². The molecular weight excluding hydrogens is 254 g/mol. The molecule has 4 heteroatoms. The fourth-order valence-electron chi connectivity index (χ4n) is 2.11. The number of hydrogen-bond donors (Lipinski definition) is 2. The highest BCUT2D eigenvalue weighted by Gasteiger charge is 2.17. The Bertz CT molecular complexity index is 510. The van der Waals surface area contributed by atoms with Gasteiger partial charge in [0.15, 0.2) is 0 Å². The molecule has 0 saturated carbocycles. The van der Waals surface area contributed by atoms with Crippen molar-refractivity contribution in [2.75, 3.05) is 19.8 Å². The highest BCUT2D eigenvalue weighted by atomic mass is 16.5. The number of ether oxygens (including phenoxy) is 1. The molecule has 1 unspecified atom stereocenters. The largest absolute Gasteiger partial charge is 0.395 e. The van der Waals surface area contributed by atoms with Crippen LogP contribution in [-0.2, 0) is 4.74 Å². The first-order chi connectivity index (χ1) is 9.81. The van der Waals surface area contributed by atoms with Gasteiger partial charge in [0, 0.05) is 25.1 Å². The van der Waals surface area contributed by atoms with Crippen molar-refractivity contribution in [2.45, 2.75) is 25.4 Å². The van der Waals surface area contributed by atoms with Gasteiger partial charge in [-0.2, -0.15) is 0 Å². The van der Waals surface area contributed by atoms with Crippen LogP contribution in [0.4, 0.5) is 0 Å². The minimum Gasteiger partial charge on any atom is -0.395 e. The molecule has 0 aromatic heterocycles. The summed E-state index contributed by atoms with van der Waals surface area (Å²) in [6.45, 7) is 1.35. The fourth-order valence-corrected chi connectivity index (χ4v) is 2.11. The predicted octanol–water partition coefficient (Wildman–Crippen LogP) is 1.33. The second kappa shape index (κ2) is 7.68. The highest BCUT2D eigenvalue weighted by molar-refractivity contribution is 5.96. The van der Waals surface area contributed by atoms with E-state index in [4.69, 9.17) is 9.84 Å². The summed E-state index contributed by atoms with van der Waals surface area (Å²) in [6.07, 6.45) is 2.60. The van der Waals surface area contributed by atoms with E-state index >= 15 is 0 Å². The molecule has 1 fully saturated rings. The molecule has 1 atom stereocenters. The number of benzene rings is 1. The summed E-state index contributed by atoms with van der Waals surface area (Å²) < 4.78 is 5.48. The SMILES string of the molecule is O=C(NCC1CCCO1)c1ccccc1C#CCCO. The first-order valence-corrected chi connectivity index (χ1v) is 6.90. The second-order valence-corrected chi connectivity index (χ2v) is 4.67. The van der Waals surface area contributed by atoms with Gasteiger partial charge in [0.25, 0.3) is 5.91 Å². The van der Waals surface area contributed by atoms with Crippen LogP contribution in [0, 0.1) is 11.8 Å². The van der Waals surface area contributed by atoms with E-state index in [0.29, 0.717) is 24.1 Å². The molecule has 1 aliphatic heterocycles. The quantitative estimate of drug-likeness (QED) is 0.814. The summed E-state index contributed by atoms with van der Waals surface area (Å²) in [6, 6.07) is 7.23. The van der Waals surface area contributed by atoms with Crippen molar-refractivity contribution in [3.05, 3.63) is 35.4 Å². The minimum absolute atomic E-state index is 0.0282. The minimum atomic E-state index is -0.130. The maximum atomic E-state index is 12.2. The zero-order chi connectivity index (χ0) is 14.2. The molecule has 0 bridgehead atoms. The number of aliphatic hydroxyl groups is 1. The third-order valence-corrected chi connectivity index (χ3v) is 3.15. The van der Waals surface area contributed by atoms with Gasteiger partial charge in [0.05, 0.1) is 18.3 Å². The lowest BCUT2D eigenvalue weighted by Gasteiger charge is -2.11. The van der Waals surface area contributed by atoms with Crippen molar-refractivity contribution in [2.24, 2.45) is 0 Å². The summed E-state index contributed by atoms with van der Waals surface area (Å²) in [5.41, 5.74) is 1.25. The highest BCUT2D eigenvalue weighted by Crippen LogP contribution is 2.12. The maximum absolute atomic E-state index is 12.2. The van der Waals surface area contributed by atoms with Crippen molar-refractivity contribution in [3.63, 3.8) is 0 Å². The summed E-state index contributed by atoms with van der Waals surface area (Å²) in [5.74, 6) is 5.63. The van der Waals surface area contributed by atoms with E-state index in [1.165, 1.54) is 0 Å². The standard InChI is InChI=1S/C16H19NO3/c18-10-4-3-7-13-6-1-2-9-15(13)16(19)17-12-14-8-5-11-20-14/h1-2,6,9,14,18H,4-5,8,10-12H2,(H,17,19). The number of aliphatic hydroxyl groups excluding tert-OH is 1. The van der Waals surface area contributed by atoms with Gasteiger partial charge >= 0.3 is 0 Å². The van der Waals surface area contributed by atoms with Crippen molar-refractivity contribution < 1.29 is 14.6 Å². The van der Waals surface area contributed by atoms with Crippen LogP contribution in [-0.4, -0.2) is 36.9 Å². The summed E-state index contributed by atoms with van der Waals surface area (Å²) in [7, 11) is 0. The number of hydrogen-bond acceptors (Lipinski definition) is 3. The molecule has 1 aromatic carbocycles. The molecule has 106 valence electrons. The molecule has 2 N–H and O–H groups in total. The average Bonchev–Trinajstić information content (AvgIpc) is 2.99. The van der Waals surface area contributed by atoms with Gasteiger partial charge in [-0.15, -0.1) is 0 Å². The van der Waals surface area contributed by atoms with Crippen LogP contribution in [0.2, 0.25) is 0 Å². The Morgan fingerprint density at radius 2 is 2.30 bits per heavy atom. The Kier molecular flexibility index (Phi) is 5.60. The smallest absolute Gasteiger partial charge is 0.252 e. The zero-order valence-electron chi connectivity index (χ0n) is 11.4. The molecule has 1 heterocycles. The van der Waals surface area contributed by atoms with Gasteiger partial charge in [0.1, 0.15) is 0 Å². The third kappa shape index (κ3) is 4.09. The van der Waals surface area contributed by atoms with Gasteiger partial charge in [-0.25, -0.2) is 0 Å². The van der Waals surface area contributed by atoms with E-state index in [1.54, 1.807) is 6.07 Å². The molecule has 0 spiro atoms. The first-order valence-electron chi connectivity index (χ1n) is 6.90. The number of carbonyl (C=O) groups excluding carboxylic acids is 1. The molecule has 20 heavy (non-hydrogen) atoms. The Balaban J connectivity index is 1.99. The Labute approximate surface area is 119 Å². The van der Waals surface area contributed by atoms with Crippen LogP contribution in [0.1, 0.15) is 35.2 Å². The van der Waals surface area contributed by atoms with Gasteiger partial charge in [0.2, 0.25) is 0 Å². The van der Waals surface area contributed by atoms with Gasteiger partial charge in [-0.1, -0.05) is 24.0 Å². The topological polar surface area (TPSA) is 58.6 Å². The fraction of sp³-hybridized carbons (Fsp3) is 0.438. The Morgan fingerprint density at radius 3 is 3.05 bits per heavy atom. The molecule has 4 nitrogen and oxygen atoms in total. The van der Waals surface area contributed by atoms with E-state index in [0.717, 1.165) is 19.4 Å². The van der Waals surface area contributed by atoms with E-state index < -0.39 is 0 Å². The number of amides is 1. The first kappa shape index (κ1) is 14.6. The predicted molar refractivity (Wildman–Crippen MR) is 76.3 cm³/mol. The maximum Gasteiger partial charge on any atom is 0.252 e. The van der Waals surface area contributed by atoms with Gasteiger partial charge in [-0.3, -0.25) is 4.79 Å². The molecule has 0 radical (unpaired) electrons. The summed E-state index contributed by atoms with van der Waals surface area (Å²) >= 11 is 0. The molecule has 1 aliphatic rings. The normalized spacial score (nSPS) is 17.4. The number of carbonyl (C=O) groups is 1. The van der Waals surface area contributed by atoms with E-state index in [2.05, 4.69) is 17.2 Å². The monoisotopic (exact) mass is 273 g/mol. The third-order valence-electron chi connectivity index (χ3n) is 3.15. The number of rotatable bonds is 4.